The van der Waals surface area contributed by atoms with Gasteiger partial charge in [0.05, 0.1) is 5.56 Å². The summed E-state index contributed by atoms with van der Waals surface area (Å²) in [6.07, 6.45) is 4.78. The third kappa shape index (κ3) is 3.03. The first-order chi connectivity index (χ1) is 8.08. The maximum absolute atomic E-state index is 12.1. The molecule has 0 atom stereocenters. The lowest BCUT2D eigenvalue weighted by atomic mass is 10.2. The van der Waals surface area contributed by atoms with Gasteiger partial charge in [0.1, 0.15) is 6.54 Å². The number of aliphatic carboxylic acids is 1. The molecule has 0 spiro atoms. The number of hydrogen-bond acceptors (Lipinski definition) is 3. The van der Waals surface area contributed by atoms with Gasteiger partial charge in [0, 0.05) is 22.9 Å². The summed E-state index contributed by atoms with van der Waals surface area (Å²) in [5.41, 5.74) is 0.410. The van der Waals surface area contributed by atoms with Crippen LogP contribution in [0, 0.1) is 0 Å². The van der Waals surface area contributed by atoms with Gasteiger partial charge in [-0.25, -0.2) is 0 Å². The Kier molecular flexibility index (Phi) is 3.42. The highest BCUT2D eigenvalue weighted by Gasteiger charge is 2.34. The molecule has 0 radical (unpaired) electrons. The number of carboxylic acids is 1. The summed E-state index contributed by atoms with van der Waals surface area (Å²) in [5.74, 6) is -1.27. The summed E-state index contributed by atoms with van der Waals surface area (Å²) in [6, 6.07) is 1.71. The maximum Gasteiger partial charge on any atom is 0.323 e. The zero-order chi connectivity index (χ0) is 12.4. The van der Waals surface area contributed by atoms with Crippen LogP contribution in [0.25, 0.3) is 0 Å². The number of amides is 1. The molecular formula is C11H11BrN2O3. The number of aromatic nitrogens is 1. The zero-order valence-electron chi connectivity index (χ0n) is 8.97. The van der Waals surface area contributed by atoms with E-state index in [1.54, 1.807) is 12.3 Å². The summed E-state index contributed by atoms with van der Waals surface area (Å²) in [4.78, 5) is 28.1. The predicted octanol–water partition coefficient (Wildman–Crippen LogP) is 1.53. The molecule has 0 aromatic carbocycles. The van der Waals surface area contributed by atoms with Crippen LogP contribution in [0.3, 0.4) is 0 Å². The first kappa shape index (κ1) is 12.0. The minimum Gasteiger partial charge on any atom is -0.480 e. The summed E-state index contributed by atoms with van der Waals surface area (Å²) in [7, 11) is 0. The van der Waals surface area contributed by atoms with Crippen molar-refractivity contribution >= 4 is 27.8 Å². The second-order valence-electron chi connectivity index (χ2n) is 3.95. The molecule has 1 saturated carbocycles. The first-order valence-electron chi connectivity index (χ1n) is 5.21. The fraction of sp³-hybridized carbons (Fsp3) is 0.364. The van der Waals surface area contributed by atoms with Crippen molar-refractivity contribution in [1.82, 2.24) is 9.88 Å². The molecule has 0 aliphatic heterocycles. The molecule has 1 aliphatic rings. The van der Waals surface area contributed by atoms with Gasteiger partial charge >= 0.3 is 5.97 Å². The largest absolute Gasteiger partial charge is 0.480 e. The number of pyridine rings is 1. The lowest BCUT2D eigenvalue weighted by molar-refractivity contribution is -0.137. The van der Waals surface area contributed by atoms with Gasteiger partial charge in [0.15, 0.2) is 0 Å². The first-order valence-corrected chi connectivity index (χ1v) is 6.00. The van der Waals surface area contributed by atoms with Crippen LogP contribution in [0.1, 0.15) is 23.2 Å². The summed E-state index contributed by atoms with van der Waals surface area (Å²) in [5, 5.41) is 8.79. The van der Waals surface area contributed by atoms with E-state index in [2.05, 4.69) is 20.9 Å². The Bertz CT molecular complexity index is 460. The lowest BCUT2D eigenvalue weighted by Crippen LogP contribution is -2.37. The number of carbonyl (C=O) groups excluding carboxylic acids is 1. The van der Waals surface area contributed by atoms with Gasteiger partial charge in [0.2, 0.25) is 0 Å². The van der Waals surface area contributed by atoms with Gasteiger partial charge in [0.25, 0.3) is 5.91 Å². The number of nitrogens with zero attached hydrogens (tertiary/aromatic N) is 2. The minimum absolute atomic E-state index is 0.0672. The van der Waals surface area contributed by atoms with Crippen LogP contribution in [-0.2, 0) is 4.79 Å². The van der Waals surface area contributed by atoms with E-state index in [-0.39, 0.29) is 18.5 Å². The van der Waals surface area contributed by atoms with Crippen molar-refractivity contribution < 1.29 is 14.7 Å². The normalized spacial score (nSPS) is 14.4. The van der Waals surface area contributed by atoms with Gasteiger partial charge in [-0.15, -0.1) is 0 Å². The molecule has 0 unspecified atom stereocenters. The third-order valence-corrected chi connectivity index (χ3v) is 2.94. The number of halogens is 1. The molecule has 1 fully saturated rings. The zero-order valence-corrected chi connectivity index (χ0v) is 10.6. The molecule has 17 heavy (non-hydrogen) atoms. The molecule has 0 bridgehead atoms. The maximum atomic E-state index is 12.1. The van der Waals surface area contributed by atoms with Crippen molar-refractivity contribution in [3.05, 3.63) is 28.5 Å². The lowest BCUT2D eigenvalue weighted by Gasteiger charge is -2.20. The van der Waals surface area contributed by atoms with E-state index in [4.69, 9.17) is 5.11 Å². The van der Waals surface area contributed by atoms with Crippen molar-refractivity contribution in [2.75, 3.05) is 6.54 Å². The van der Waals surface area contributed by atoms with E-state index < -0.39 is 5.97 Å². The molecule has 1 aromatic rings. The van der Waals surface area contributed by atoms with E-state index in [0.29, 0.717) is 10.0 Å². The predicted molar refractivity (Wildman–Crippen MR) is 63.6 cm³/mol. The molecule has 90 valence electrons. The summed E-state index contributed by atoms with van der Waals surface area (Å²) in [6.45, 7) is -0.254. The molecule has 1 amide bonds. The molecule has 1 heterocycles. The van der Waals surface area contributed by atoms with Crippen LogP contribution in [0.5, 0.6) is 0 Å². The molecule has 1 aliphatic carbocycles. The van der Waals surface area contributed by atoms with Gasteiger partial charge in [-0.05, 0) is 34.8 Å². The van der Waals surface area contributed by atoms with Crippen LogP contribution in [0.4, 0.5) is 0 Å². The van der Waals surface area contributed by atoms with Crippen molar-refractivity contribution in [3.8, 4) is 0 Å². The van der Waals surface area contributed by atoms with Crippen molar-refractivity contribution in [2.24, 2.45) is 0 Å². The third-order valence-electron chi connectivity index (χ3n) is 2.51. The number of carbonyl (C=O) groups is 2. The SMILES string of the molecule is O=C(O)CN(C(=O)c1cncc(Br)c1)C1CC1. The van der Waals surface area contributed by atoms with Crippen molar-refractivity contribution in [3.63, 3.8) is 0 Å². The van der Waals surface area contributed by atoms with Gasteiger partial charge in [-0.2, -0.15) is 0 Å². The molecule has 0 saturated heterocycles. The molecule has 1 aromatic heterocycles. The second-order valence-corrected chi connectivity index (χ2v) is 4.87. The topological polar surface area (TPSA) is 70.5 Å². The average Bonchev–Trinajstić information content (AvgIpc) is 3.08. The molecule has 5 nitrogen and oxygen atoms in total. The number of hydrogen-bond donors (Lipinski definition) is 1. The average molecular weight is 299 g/mol. The summed E-state index contributed by atoms with van der Waals surface area (Å²) >= 11 is 3.23. The van der Waals surface area contributed by atoms with Gasteiger partial charge in [-0.1, -0.05) is 0 Å². The highest BCUT2D eigenvalue weighted by atomic mass is 79.9. The van der Waals surface area contributed by atoms with Gasteiger partial charge < -0.3 is 10.0 Å². The van der Waals surface area contributed by atoms with Crippen LogP contribution >= 0.6 is 15.9 Å². The monoisotopic (exact) mass is 298 g/mol. The smallest absolute Gasteiger partial charge is 0.323 e. The van der Waals surface area contributed by atoms with Crippen LogP contribution < -0.4 is 0 Å². The van der Waals surface area contributed by atoms with Crippen LogP contribution in [-0.4, -0.2) is 39.5 Å². The Morgan fingerprint density at radius 3 is 2.71 bits per heavy atom. The Morgan fingerprint density at radius 1 is 1.47 bits per heavy atom. The van der Waals surface area contributed by atoms with E-state index in [1.165, 1.54) is 11.1 Å². The number of rotatable bonds is 4. The van der Waals surface area contributed by atoms with Crippen molar-refractivity contribution in [1.29, 1.82) is 0 Å². The van der Waals surface area contributed by atoms with Crippen molar-refractivity contribution in [2.45, 2.75) is 18.9 Å². The highest BCUT2D eigenvalue weighted by molar-refractivity contribution is 9.10. The Morgan fingerprint density at radius 2 is 2.18 bits per heavy atom. The standard InChI is InChI=1S/C11H11BrN2O3/c12-8-3-7(4-13-5-8)11(17)14(6-10(15)16)9-1-2-9/h3-5,9H,1-2,6H2,(H,15,16). The van der Waals surface area contributed by atoms with E-state index >= 15 is 0 Å². The van der Waals surface area contributed by atoms with Gasteiger partial charge in [-0.3, -0.25) is 14.6 Å². The minimum atomic E-state index is -0.992. The molecule has 1 N–H and O–H groups in total. The van der Waals surface area contributed by atoms with E-state index in [9.17, 15) is 9.59 Å². The number of carboxylic acid groups (broad SMARTS) is 1. The summed E-state index contributed by atoms with van der Waals surface area (Å²) < 4.78 is 0.703. The second kappa shape index (κ2) is 4.83. The molecular weight excluding hydrogens is 288 g/mol. The Balaban J connectivity index is 2.18. The Labute approximate surface area is 107 Å². The van der Waals surface area contributed by atoms with Crippen LogP contribution in [0.2, 0.25) is 0 Å². The van der Waals surface area contributed by atoms with E-state index in [0.717, 1.165) is 12.8 Å². The fourth-order valence-electron chi connectivity index (χ4n) is 1.59. The molecule has 6 heteroatoms. The highest BCUT2D eigenvalue weighted by Crippen LogP contribution is 2.28. The molecule has 2 rings (SSSR count). The quantitative estimate of drug-likeness (QED) is 0.915. The van der Waals surface area contributed by atoms with Crippen LogP contribution in [0.15, 0.2) is 22.9 Å². The fourth-order valence-corrected chi connectivity index (χ4v) is 1.96. The van der Waals surface area contributed by atoms with E-state index in [1.807, 2.05) is 0 Å². The Hall–Kier alpha value is -1.43.